The molecule has 1 aromatic heterocycles. The molecule has 0 bridgehead atoms. The zero-order valence-corrected chi connectivity index (χ0v) is 16.8. The van der Waals surface area contributed by atoms with Crippen molar-refractivity contribution in [3.05, 3.63) is 60.4 Å². The molecule has 5 heteroatoms. The monoisotopic (exact) mass is 378 g/mol. The SMILES string of the molecule is CCC(=O)N(CC1(N2CCN(Cc3ccccc3)CC2)CC1)c1cccnc1. The maximum atomic E-state index is 12.6. The Balaban J connectivity index is 1.38. The molecule has 1 amide bonds. The van der Waals surface area contributed by atoms with Crippen molar-refractivity contribution in [1.82, 2.24) is 14.8 Å². The van der Waals surface area contributed by atoms with Gasteiger partial charge in [-0.15, -0.1) is 0 Å². The number of aromatic nitrogens is 1. The zero-order valence-electron chi connectivity index (χ0n) is 16.8. The standard InChI is InChI=1S/C23H30N4O/c1-2-22(28)27(21-9-6-12-24-17-21)19-23(10-11-23)26-15-13-25(14-16-26)18-20-7-4-3-5-8-20/h3-9,12,17H,2,10-11,13-16,18-19H2,1H3. The van der Waals surface area contributed by atoms with Crippen molar-refractivity contribution < 1.29 is 4.79 Å². The Morgan fingerprint density at radius 2 is 1.82 bits per heavy atom. The average Bonchev–Trinajstić information content (AvgIpc) is 3.54. The minimum absolute atomic E-state index is 0.152. The number of amides is 1. The Morgan fingerprint density at radius 3 is 2.43 bits per heavy atom. The molecule has 0 atom stereocenters. The lowest BCUT2D eigenvalue weighted by atomic mass is 10.1. The molecule has 5 nitrogen and oxygen atoms in total. The van der Waals surface area contributed by atoms with Crippen LogP contribution in [0, 0.1) is 0 Å². The van der Waals surface area contributed by atoms with Crippen LogP contribution in [0.3, 0.4) is 0 Å². The third kappa shape index (κ3) is 4.26. The van der Waals surface area contributed by atoms with Crippen LogP contribution in [0.4, 0.5) is 5.69 Å². The van der Waals surface area contributed by atoms with E-state index in [0.29, 0.717) is 6.42 Å². The van der Waals surface area contributed by atoms with Crippen LogP contribution in [0.1, 0.15) is 31.7 Å². The topological polar surface area (TPSA) is 39.7 Å². The highest BCUT2D eigenvalue weighted by molar-refractivity contribution is 5.93. The Morgan fingerprint density at radius 1 is 1.07 bits per heavy atom. The molecule has 1 aromatic carbocycles. The van der Waals surface area contributed by atoms with Crippen LogP contribution in [-0.2, 0) is 11.3 Å². The minimum atomic E-state index is 0.152. The summed E-state index contributed by atoms with van der Waals surface area (Å²) in [4.78, 5) is 24.0. The number of carbonyl (C=O) groups is 1. The number of hydrogen-bond acceptors (Lipinski definition) is 4. The molecule has 1 aliphatic carbocycles. The van der Waals surface area contributed by atoms with Crippen LogP contribution in [0.15, 0.2) is 54.9 Å². The van der Waals surface area contributed by atoms with Gasteiger partial charge in [-0.05, 0) is 30.5 Å². The molecular weight excluding hydrogens is 348 g/mol. The van der Waals surface area contributed by atoms with Gasteiger partial charge in [-0.25, -0.2) is 0 Å². The second kappa shape index (κ2) is 8.41. The predicted molar refractivity (Wildman–Crippen MR) is 112 cm³/mol. The molecular formula is C23H30N4O. The lowest BCUT2D eigenvalue weighted by Crippen LogP contribution is -2.55. The molecule has 28 heavy (non-hydrogen) atoms. The Hall–Kier alpha value is -2.24. The fourth-order valence-electron chi connectivity index (χ4n) is 4.26. The number of benzene rings is 1. The molecule has 0 spiro atoms. The van der Waals surface area contributed by atoms with Gasteiger partial charge in [0.2, 0.25) is 5.91 Å². The molecule has 0 N–H and O–H groups in total. The number of hydrogen-bond donors (Lipinski definition) is 0. The molecule has 0 unspecified atom stereocenters. The number of anilines is 1. The summed E-state index contributed by atoms with van der Waals surface area (Å²) in [7, 11) is 0. The predicted octanol–water partition coefficient (Wildman–Crippen LogP) is 3.18. The van der Waals surface area contributed by atoms with E-state index < -0.39 is 0 Å². The largest absolute Gasteiger partial charge is 0.309 e. The number of piperazine rings is 1. The quantitative estimate of drug-likeness (QED) is 0.742. The van der Waals surface area contributed by atoms with E-state index in [4.69, 9.17) is 0 Å². The molecule has 1 saturated heterocycles. The summed E-state index contributed by atoms with van der Waals surface area (Å²) < 4.78 is 0. The Bertz CT molecular complexity index is 768. The summed E-state index contributed by atoms with van der Waals surface area (Å²) in [5.41, 5.74) is 2.45. The Labute approximate surface area is 168 Å². The fourth-order valence-corrected chi connectivity index (χ4v) is 4.26. The van der Waals surface area contributed by atoms with Crippen molar-refractivity contribution >= 4 is 11.6 Å². The van der Waals surface area contributed by atoms with Gasteiger partial charge in [0.25, 0.3) is 0 Å². The van der Waals surface area contributed by atoms with Gasteiger partial charge in [0, 0.05) is 57.4 Å². The van der Waals surface area contributed by atoms with Gasteiger partial charge in [0.05, 0.1) is 11.9 Å². The summed E-state index contributed by atoms with van der Waals surface area (Å²) in [6, 6.07) is 14.6. The Kier molecular flexibility index (Phi) is 5.74. The smallest absolute Gasteiger partial charge is 0.226 e. The molecule has 2 fully saturated rings. The first-order chi connectivity index (χ1) is 13.7. The van der Waals surface area contributed by atoms with E-state index in [1.165, 1.54) is 18.4 Å². The van der Waals surface area contributed by atoms with Gasteiger partial charge < -0.3 is 4.90 Å². The van der Waals surface area contributed by atoms with Crippen molar-refractivity contribution in [2.75, 3.05) is 37.6 Å². The summed E-state index contributed by atoms with van der Waals surface area (Å²) in [6.45, 7) is 8.08. The van der Waals surface area contributed by atoms with Crippen LogP contribution in [0.25, 0.3) is 0 Å². The second-order valence-corrected chi connectivity index (χ2v) is 8.02. The van der Waals surface area contributed by atoms with E-state index in [1.807, 2.05) is 24.0 Å². The van der Waals surface area contributed by atoms with E-state index in [9.17, 15) is 4.79 Å². The third-order valence-electron chi connectivity index (χ3n) is 6.13. The second-order valence-electron chi connectivity index (χ2n) is 8.02. The maximum absolute atomic E-state index is 12.6. The normalized spacial score (nSPS) is 19.3. The summed E-state index contributed by atoms with van der Waals surface area (Å²) in [5.74, 6) is 0.182. The van der Waals surface area contributed by atoms with Crippen LogP contribution in [0.5, 0.6) is 0 Å². The van der Waals surface area contributed by atoms with Crippen LogP contribution < -0.4 is 4.90 Å². The van der Waals surface area contributed by atoms with E-state index in [0.717, 1.165) is 45.0 Å². The van der Waals surface area contributed by atoms with Gasteiger partial charge >= 0.3 is 0 Å². The molecule has 1 saturated carbocycles. The first-order valence-corrected chi connectivity index (χ1v) is 10.4. The van der Waals surface area contributed by atoms with Gasteiger partial charge in [0.1, 0.15) is 0 Å². The lowest BCUT2D eigenvalue weighted by molar-refractivity contribution is -0.118. The third-order valence-corrected chi connectivity index (χ3v) is 6.13. The molecule has 2 heterocycles. The minimum Gasteiger partial charge on any atom is -0.309 e. The summed E-state index contributed by atoms with van der Waals surface area (Å²) in [5, 5.41) is 0. The zero-order chi connectivity index (χ0) is 19.4. The molecule has 1 aliphatic heterocycles. The highest BCUT2D eigenvalue weighted by Gasteiger charge is 2.50. The van der Waals surface area contributed by atoms with E-state index in [-0.39, 0.29) is 11.4 Å². The molecule has 4 rings (SSSR count). The number of nitrogens with zero attached hydrogens (tertiary/aromatic N) is 4. The average molecular weight is 379 g/mol. The van der Waals surface area contributed by atoms with Crippen molar-refractivity contribution in [2.45, 2.75) is 38.3 Å². The van der Waals surface area contributed by atoms with Gasteiger partial charge in [-0.2, -0.15) is 0 Å². The van der Waals surface area contributed by atoms with Crippen molar-refractivity contribution in [3.63, 3.8) is 0 Å². The fraction of sp³-hybridized carbons (Fsp3) is 0.478. The van der Waals surface area contributed by atoms with E-state index in [2.05, 4.69) is 45.1 Å². The van der Waals surface area contributed by atoms with Crippen LogP contribution in [0.2, 0.25) is 0 Å². The molecule has 2 aliphatic rings. The summed E-state index contributed by atoms with van der Waals surface area (Å²) >= 11 is 0. The summed E-state index contributed by atoms with van der Waals surface area (Å²) in [6.07, 6.45) is 6.45. The number of pyridine rings is 1. The van der Waals surface area contributed by atoms with Crippen LogP contribution >= 0.6 is 0 Å². The van der Waals surface area contributed by atoms with Gasteiger partial charge in [-0.3, -0.25) is 19.6 Å². The van der Waals surface area contributed by atoms with Crippen molar-refractivity contribution in [3.8, 4) is 0 Å². The number of rotatable bonds is 7. The first kappa shape index (κ1) is 19.1. The van der Waals surface area contributed by atoms with Crippen LogP contribution in [-0.4, -0.2) is 59.0 Å². The van der Waals surface area contributed by atoms with Crippen molar-refractivity contribution in [2.24, 2.45) is 0 Å². The first-order valence-electron chi connectivity index (χ1n) is 10.4. The highest BCUT2D eigenvalue weighted by Crippen LogP contribution is 2.43. The van der Waals surface area contributed by atoms with Gasteiger partial charge in [0.15, 0.2) is 0 Å². The molecule has 148 valence electrons. The molecule has 2 aromatic rings. The lowest BCUT2D eigenvalue weighted by Gasteiger charge is -2.41. The number of carbonyl (C=O) groups excluding carboxylic acids is 1. The highest BCUT2D eigenvalue weighted by atomic mass is 16.2. The van der Waals surface area contributed by atoms with E-state index >= 15 is 0 Å². The van der Waals surface area contributed by atoms with Gasteiger partial charge in [-0.1, -0.05) is 37.3 Å². The van der Waals surface area contributed by atoms with Crippen molar-refractivity contribution in [1.29, 1.82) is 0 Å². The van der Waals surface area contributed by atoms with E-state index in [1.54, 1.807) is 12.4 Å². The maximum Gasteiger partial charge on any atom is 0.226 e. The molecule has 0 radical (unpaired) electrons.